The van der Waals surface area contributed by atoms with Crippen LogP contribution in [0.5, 0.6) is 0 Å². The van der Waals surface area contributed by atoms with Crippen molar-refractivity contribution in [3.63, 3.8) is 0 Å². The number of nitrogens with zero attached hydrogens (tertiary/aromatic N) is 1. The zero-order valence-corrected chi connectivity index (χ0v) is 26.4. The number of rotatable bonds is 18. The van der Waals surface area contributed by atoms with Gasteiger partial charge in [0.25, 0.3) is 0 Å². The SMILES string of the molecule is CCCC(O)(CCC)C(Cc1ccccc1)N(C(=O)C1(C(N)=O)CCC1)C(Cc1ccccc1)C(O)(CCC)CCC. The number of hydrogen-bond donors (Lipinski definition) is 3. The van der Waals surface area contributed by atoms with E-state index in [1.54, 1.807) is 4.90 Å². The van der Waals surface area contributed by atoms with Gasteiger partial charge in [0, 0.05) is 0 Å². The largest absolute Gasteiger partial charge is 0.388 e. The van der Waals surface area contributed by atoms with Crippen molar-refractivity contribution >= 4 is 11.8 Å². The van der Waals surface area contributed by atoms with Crippen LogP contribution in [0.4, 0.5) is 0 Å². The van der Waals surface area contributed by atoms with E-state index >= 15 is 4.79 Å². The molecule has 2 aromatic rings. The van der Waals surface area contributed by atoms with Gasteiger partial charge in [-0.3, -0.25) is 9.59 Å². The van der Waals surface area contributed by atoms with Gasteiger partial charge in [0.2, 0.25) is 11.8 Å². The van der Waals surface area contributed by atoms with E-state index in [0.717, 1.165) is 43.2 Å². The Balaban J connectivity index is 2.35. The Labute approximate surface area is 253 Å². The van der Waals surface area contributed by atoms with Crippen LogP contribution in [0.1, 0.15) is 109 Å². The highest BCUT2D eigenvalue weighted by atomic mass is 16.3. The standard InChI is InChI=1S/C36H54N2O4/c1-5-20-35(41,21-6-2)30(26-28-16-11-9-12-17-28)38(33(40)34(32(37)39)24-15-25-34)31(27-29-18-13-10-14-19-29)36(42,22-7-3)23-8-4/h9-14,16-19,30-31,41-42H,5-8,15,20-27H2,1-4H3,(H2,37,39). The van der Waals surface area contributed by atoms with Gasteiger partial charge in [-0.2, -0.15) is 0 Å². The summed E-state index contributed by atoms with van der Waals surface area (Å²) in [7, 11) is 0. The van der Waals surface area contributed by atoms with Gasteiger partial charge in [-0.25, -0.2) is 0 Å². The lowest BCUT2D eigenvalue weighted by molar-refractivity contribution is -0.178. The topological polar surface area (TPSA) is 104 Å². The number of amides is 2. The summed E-state index contributed by atoms with van der Waals surface area (Å²) in [6, 6.07) is 18.6. The molecule has 0 bridgehead atoms. The van der Waals surface area contributed by atoms with Crippen molar-refractivity contribution in [3.05, 3.63) is 71.8 Å². The minimum atomic E-state index is -1.32. The van der Waals surface area contributed by atoms with Crippen molar-refractivity contribution in [2.45, 2.75) is 134 Å². The minimum Gasteiger partial charge on any atom is -0.388 e. The summed E-state index contributed by atoms with van der Waals surface area (Å²) in [5, 5.41) is 25.2. The average molecular weight is 579 g/mol. The summed E-state index contributed by atoms with van der Waals surface area (Å²) >= 11 is 0. The average Bonchev–Trinajstić information content (AvgIpc) is 2.93. The van der Waals surface area contributed by atoms with Crippen LogP contribution in [0.15, 0.2) is 60.7 Å². The van der Waals surface area contributed by atoms with Crippen molar-refractivity contribution in [2.24, 2.45) is 11.1 Å². The highest BCUT2D eigenvalue weighted by Crippen LogP contribution is 2.46. The van der Waals surface area contributed by atoms with Crippen LogP contribution in [0, 0.1) is 5.41 Å². The zero-order chi connectivity index (χ0) is 30.8. The third kappa shape index (κ3) is 7.44. The van der Waals surface area contributed by atoms with Crippen LogP contribution in [0.3, 0.4) is 0 Å². The number of primary amides is 1. The number of nitrogens with two attached hydrogens (primary N) is 1. The summed E-state index contributed by atoms with van der Waals surface area (Å²) in [5.74, 6) is -0.941. The Morgan fingerprint density at radius 3 is 1.36 bits per heavy atom. The fourth-order valence-electron chi connectivity index (χ4n) is 7.26. The summed E-state index contributed by atoms with van der Waals surface area (Å²) in [5.41, 5.74) is 4.27. The number of aliphatic hydroxyl groups is 2. The van der Waals surface area contributed by atoms with Crippen LogP contribution in [0.2, 0.25) is 0 Å². The quantitative estimate of drug-likeness (QED) is 0.179. The summed E-state index contributed by atoms with van der Waals surface area (Å²) in [4.78, 5) is 29.9. The molecule has 1 aliphatic rings. The van der Waals surface area contributed by atoms with Crippen LogP contribution < -0.4 is 5.73 Å². The summed E-state index contributed by atoms with van der Waals surface area (Å²) in [6.45, 7) is 8.20. The molecule has 42 heavy (non-hydrogen) atoms. The molecule has 232 valence electrons. The fourth-order valence-corrected chi connectivity index (χ4v) is 7.26. The van der Waals surface area contributed by atoms with Gasteiger partial charge in [0.15, 0.2) is 0 Å². The smallest absolute Gasteiger partial charge is 0.238 e. The van der Waals surface area contributed by atoms with Crippen LogP contribution in [-0.2, 0) is 22.4 Å². The zero-order valence-electron chi connectivity index (χ0n) is 26.4. The number of hydrogen-bond acceptors (Lipinski definition) is 4. The van der Waals surface area contributed by atoms with E-state index in [0.29, 0.717) is 51.4 Å². The van der Waals surface area contributed by atoms with E-state index in [1.807, 2.05) is 60.7 Å². The maximum absolute atomic E-state index is 15.1. The van der Waals surface area contributed by atoms with Crippen molar-refractivity contribution in [1.82, 2.24) is 4.90 Å². The molecule has 2 amide bonds. The van der Waals surface area contributed by atoms with E-state index in [1.165, 1.54) is 0 Å². The monoisotopic (exact) mass is 578 g/mol. The molecule has 1 fully saturated rings. The van der Waals surface area contributed by atoms with E-state index in [2.05, 4.69) is 27.7 Å². The molecule has 0 aromatic heterocycles. The first-order valence-electron chi connectivity index (χ1n) is 16.3. The minimum absolute atomic E-state index is 0.334. The molecule has 1 aliphatic carbocycles. The molecule has 6 nitrogen and oxygen atoms in total. The van der Waals surface area contributed by atoms with Gasteiger partial charge in [-0.05, 0) is 62.5 Å². The first-order chi connectivity index (χ1) is 20.1. The Morgan fingerprint density at radius 2 is 1.10 bits per heavy atom. The van der Waals surface area contributed by atoms with E-state index in [-0.39, 0.29) is 5.91 Å². The summed E-state index contributed by atoms with van der Waals surface area (Å²) < 4.78 is 0. The number of carbonyl (C=O) groups excluding carboxylic acids is 2. The second-order valence-electron chi connectivity index (χ2n) is 12.6. The van der Waals surface area contributed by atoms with E-state index in [9.17, 15) is 15.0 Å². The predicted molar refractivity (Wildman–Crippen MR) is 170 cm³/mol. The lowest BCUT2D eigenvalue weighted by Crippen LogP contribution is -2.69. The Kier molecular flexibility index (Phi) is 12.2. The maximum atomic E-state index is 15.1. The fraction of sp³-hybridized carbons (Fsp3) is 0.611. The molecule has 3 rings (SSSR count). The molecule has 0 aliphatic heterocycles. The van der Waals surface area contributed by atoms with Gasteiger partial charge in [0.1, 0.15) is 5.41 Å². The normalized spacial score (nSPS) is 16.3. The van der Waals surface area contributed by atoms with E-state index in [4.69, 9.17) is 5.73 Å². The molecule has 0 heterocycles. The van der Waals surface area contributed by atoms with Crippen molar-refractivity contribution in [3.8, 4) is 0 Å². The van der Waals surface area contributed by atoms with Gasteiger partial charge in [-0.15, -0.1) is 0 Å². The van der Waals surface area contributed by atoms with E-state index < -0.39 is 34.6 Å². The Hall–Kier alpha value is -2.70. The second-order valence-corrected chi connectivity index (χ2v) is 12.6. The van der Waals surface area contributed by atoms with Gasteiger partial charge in [-0.1, -0.05) is 120 Å². The first kappa shape index (κ1) is 33.8. The molecule has 2 aromatic carbocycles. The third-order valence-corrected chi connectivity index (χ3v) is 9.51. The molecule has 0 saturated heterocycles. The molecular weight excluding hydrogens is 524 g/mol. The molecular formula is C36H54N2O4. The Bertz CT molecular complexity index is 1040. The Morgan fingerprint density at radius 1 is 0.738 bits per heavy atom. The number of benzene rings is 2. The van der Waals surface area contributed by atoms with Crippen LogP contribution in [0.25, 0.3) is 0 Å². The lowest BCUT2D eigenvalue weighted by atomic mass is 9.65. The highest BCUT2D eigenvalue weighted by molar-refractivity contribution is 6.05. The van der Waals surface area contributed by atoms with Gasteiger partial charge in [0.05, 0.1) is 23.3 Å². The maximum Gasteiger partial charge on any atom is 0.238 e. The highest BCUT2D eigenvalue weighted by Gasteiger charge is 2.57. The number of carbonyl (C=O) groups is 2. The molecule has 1 saturated carbocycles. The molecule has 6 heteroatoms. The first-order valence-corrected chi connectivity index (χ1v) is 16.3. The third-order valence-electron chi connectivity index (χ3n) is 9.51. The predicted octanol–water partition coefficient (Wildman–Crippen LogP) is 6.36. The molecule has 2 unspecified atom stereocenters. The van der Waals surface area contributed by atoms with Crippen molar-refractivity contribution in [1.29, 1.82) is 0 Å². The van der Waals surface area contributed by atoms with Crippen molar-refractivity contribution < 1.29 is 19.8 Å². The summed E-state index contributed by atoms with van der Waals surface area (Å²) in [6.07, 6.45) is 7.34. The van der Waals surface area contributed by atoms with Crippen LogP contribution in [-0.4, -0.2) is 50.2 Å². The molecule has 4 N–H and O–H groups in total. The van der Waals surface area contributed by atoms with Gasteiger partial charge >= 0.3 is 0 Å². The molecule has 2 atom stereocenters. The second kappa shape index (κ2) is 15.2. The molecule has 0 radical (unpaired) electrons. The van der Waals surface area contributed by atoms with Crippen LogP contribution >= 0.6 is 0 Å². The van der Waals surface area contributed by atoms with Gasteiger partial charge < -0.3 is 20.8 Å². The lowest BCUT2D eigenvalue weighted by Gasteiger charge is -2.54. The molecule has 0 spiro atoms. The van der Waals surface area contributed by atoms with Crippen molar-refractivity contribution in [2.75, 3.05) is 0 Å².